The lowest BCUT2D eigenvalue weighted by molar-refractivity contribution is -0.132. The smallest absolute Gasteiger partial charge is 0.301 e. The second-order valence-electron chi connectivity index (χ2n) is 9.00. The Labute approximate surface area is 240 Å². The first kappa shape index (κ1) is 27.5. The highest BCUT2D eigenvalue weighted by Crippen LogP contribution is 2.46. The van der Waals surface area contributed by atoms with Crippen LogP contribution in [0.5, 0.6) is 17.2 Å². The first-order valence-electron chi connectivity index (χ1n) is 12.8. The number of nitrogens with zero attached hydrogens (tertiary/aromatic N) is 2. The van der Waals surface area contributed by atoms with Crippen LogP contribution in [0.4, 0.5) is 5.13 Å². The van der Waals surface area contributed by atoms with Crippen molar-refractivity contribution in [2.45, 2.75) is 26.3 Å². The fourth-order valence-electron chi connectivity index (χ4n) is 4.57. The average Bonchev–Trinajstić information content (AvgIpc) is 3.49. The average molecular weight is 579 g/mol. The van der Waals surface area contributed by atoms with Crippen molar-refractivity contribution in [3.05, 3.63) is 82.4 Å². The normalized spacial score (nSPS) is 16.5. The summed E-state index contributed by atoms with van der Waals surface area (Å²) in [5.74, 6) is -0.458. The predicted molar refractivity (Wildman–Crippen MR) is 156 cm³/mol. The van der Waals surface area contributed by atoms with Crippen LogP contribution in [-0.4, -0.2) is 42.1 Å². The molecule has 8 nitrogen and oxygen atoms in total. The summed E-state index contributed by atoms with van der Waals surface area (Å²) in [5, 5.41) is 12.4. The molecule has 206 valence electrons. The quantitative estimate of drug-likeness (QED) is 0.133. The van der Waals surface area contributed by atoms with Gasteiger partial charge in [-0.25, -0.2) is 4.98 Å². The van der Waals surface area contributed by atoms with Gasteiger partial charge in [0.05, 0.1) is 42.2 Å². The Bertz CT molecular complexity index is 1630. The zero-order chi connectivity index (χ0) is 28.4. The van der Waals surface area contributed by atoms with E-state index < -0.39 is 17.7 Å². The van der Waals surface area contributed by atoms with Gasteiger partial charge in [-0.3, -0.25) is 14.5 Å². The molecule has 5 rings (SSSR count). The number of aromatic nitrogens is 1. The van der Waals surface area contributed by atoms with Crippen molar-refractivity contribution in [2.24, 2.45) is 0 Å². The molecule has 4 aromatic rings. The molecule has 0 saturated carbocycles. The zero-order valence-electron chi connectivity index (χ0n) is 22.1. The highest BCUT2D eigenvalue weighted by molar-refractivity contribution is 7.22. The Morgan fingerprint density at radius 1 is 1.05 bits per heavy atom. The van der Waals surface area contributed by atoms with Crippen molar-refractivity contribution < 1.29 is 28.9 Å². The van der Waals surface area contributed by atoms with Crippen LogP contribution in [0.15, 0.2) is 66.2 Å². The summed E-state index contributed by atoms with van der Waals surface area (Å²) >= 11 is 7.41. The summed E-state index contributed by atoms with van der Waals surface area (Å²) < 4.78 is 17.7. The van der Waals surface area contributed by atoms with Crippen molar-refractivity contribution in [3.8, 4) is 17.2 Å². The van der Waals surface area contributed by atoms with Gasteiger partial charge in [-0.15, -0.1) is 0 Å². The summed E-state index contributed by atoms with van der Waals surface area (Å²) in [6, 6.07) is 16.2. The van der Waals surface area contributed by atoms with Gasteiger partial charge < -0.3 is 19.3 Å². The van der Waals surface area contributed by atoms with E-state index in [2.05, 4.69) is 4.98 Å². The first-order chi connectivity index (χ1) is 19.4. The maximum Gasteiger partial charge on any atom is 0.301 e. The number of hydrogen-bond donors (Lipinski definition) is 1. The van der Waals surface area contributed by atoms with Crippen LogP contribution >= 0.6 is 22.9 Å². The van der Waals surface area contributed by atoms with Gasteiger partial charge in [-0.1, -0.05) is 48.1 Å². The molecule has 1 aliphatic rings. The minimum absolute atomic E-state index is 0.0684. The van der Waals surface area contributed by atoms with Gasteiger partial charge in [-0.2, -0.15) is 0 Å². The lowest BCUT2D eigenvalue weighted by Crippen LogP contribution is -2.29. The number of Topliss-reactive ketones (excluding diaryl/α,β-unsaturated/α-hetero) is 1. The van der Waals surface area contributed by atoms with Crippen LogP contribution in [0, 0.1) is 0 Å². The molecule has 1 saturated heterocycles. The van der Waals surface area contributed by atoms with E-state index in [1.165, 1.54) is 23.3 Å². The number of rotatable bonds is 9. The number of aliphatic hydroxyl groups is 1. The van der Waals surface area contributed by atoms with Gasteiger partial charge in [-0.05, 0) is 61.4 Å². The fourth-order valence-corrected chi connectivity index (χ4v) is 5.84. The standard InChI is InChI=1S/C30H27ClN2O6S/c1-4-13-39-20-8-6-7-18(14-20)27(34)25-26(17-9-12-22(38-5-2)23(15-17)37-3)33(29(36)28(25)35)30-32-21-11-10-19(31)16-24(21)40-30/h6-12,14-16,26,34H,4-5,13H2,1-3H3/b27-25+. The molecule has 0 radical (unpaired) electrons. The molecule has 10 heteroatoms. The van der Waals surface area contributed by atoms with Crippen molar-refractivity contribution in [2.75, 3.05) is 25.2 Å². The van der Waals surface area contributed by atoms with E-state index in [4.69, 9.17) is 25.8 Å². The number of amides is 1. The van der Waals surface area contributed by atoms with Crippen molar-refractivity contribution >= 4 is 55.7 Å². The van der Waals surface area contributed by atoms with Crippen LogP contribution in [-0.2, 0) is 9.59 Å². The minimum Gasteiger partial charge on any atom is -0.507 e. The molecule has 1 aromatic heterocycles. The minimum atomic E-state index is -0.985. The maximum atomic E-state index is 13.6. The summed E-state index contributed by atoms with van der Waals surface area (Å²) in [6.45, 7) is 4.79. The second-order valence-corrected chi connectivity index (χ2v) is 10.4. The molecule has 1 aliphatic heterocycles. The summed E-state index contributed by atoms with van der Waals surface area (Å²) in [7, 11) is 1.51. The number of halogens is 1. The summed E-state index contributed by atoms with van der Waals surface area (Å²) in [5.41, 5.74) is 1.46. The van der Waals surface area contributed by atoms with E-state index in [9.17, 15) is 14.7 Å². The molecule has 0 bridgehead atoms. The Morgan fingerprint density at radius 2 is 1.88 bits per heavy atom. The third-order valence-electron chi connectivity index (χ3n) is 6.37. The van der Waals surface area contributed by atoms with E-state index in [0.29, 0.717) is 57.3 Å². The lowest BCUT2D eigenvalue weighted by atomic mass is 9.95. The Morgan fingerprint density at radius 3 is 2.62 bits per heavy atom. The molecule has 40 heavy (non-hydrogen) atoms. The first-order valence-corrected chi connectivity index (χ1v) is 14.0. The van der Waals surface area contributed by atoms with Gasteiger partial charge in [0.25, 0.3) is 5.78 Å². The van der Waals surface area contributed by atoms with E-state index in [-0.39, 0.29) is 11.3 Å². The molecule has 0 spiro atoms. The number of methoxy groups -OCH3 is 1. The van der Waals surface area contributed by atoms with E-state index in [1.807, 2.05) is 13.8 Å². The van der Waals surface area contributed by atoms with Crippen LogP contribution in [0.25, 0.3) is 16.0 Å². The van der Waals surface area contributed by atoms with E-state index in [0.717, 1.165) is 11.1 Å². The van der Waals surface area contributed by atoms with Crippen LogP contribution in [0.3, 0.4) is 0 Å². The number of anilines is 1. The molecular formula is C30H27ClN2O6S. The van der Waals surface area contributed by atoms with Crippen LogP contribution in [0.2, 0.25) is 5.02 Å². The number of ether oxygens (including phenoxy) is 3. The van der Waals surface area contributed by atoms with Crippen molar-refractivity contribution in [1.82, 2.24) is 4.98 Å². The lowest BCUT2D eigenvalue weighted by Gasteiger charge is -2.24. The Hall–Kier alpha value is -4.08. The molecule has 1 amide bonds. The molecule has 0 aliphatic carbocycles. The predicted octanol–water partition coefficient (Wildman–Crippen LogP) is 6.77. The molecule has 2 heterocycles. The fraction of sp³-hybridized carbons (Fsp3) is 0.233. The number of ketones is 1. The number of fused-ring (bicyclic) bond motifs is 1. The highest BCUT2D eigenvalue weighted by atomic mass is 35.5. The van der Waals surface area contributed by atoms with Crippen LogP contribution < -0.4 is 19.1 Å². The maximum absolute atomic E-state index is 13.6. The van der Waals surface area contributed by atoms with Crippen LogP contribution in [0.1, 0.15) is 37.4 Å². The van der Waals surface area contributed by atoms with Gasteiger partial charge >= 0.3 is 5.91 Å². The largest absolute Gasteiger partial charge is 0.507 e. The number of carbonyl (C=O) groups is 2. The third-order valence-corrected chi connectivity index (χ3v) is 7.63. The molecular weight excluding hydrogens is 552 g/mol. The number of aliphatic hydroxyl groups excluding tert-OH is 1. The molecule has 1 unspecified atom stereocenters. The SMILES string of the molecule is CCCOc1cccc(/C(O)=C2\C(=O)C(=O)N(c3nc4ccc(Cl)cc4s3)C2c2ccc(OCC)c(OC)c2)c1. The Balaban J connectivity index is 1.70. The van der Waals surface area contributed by atoms with Crippen molar-refractivity contribution in [3.63, 3.8) is 0 Å². The van der Waals surface area contributed by atoms with Gasteiger partial charge in [0, 0.05) is 10.6 Å². The molecule has 1 atom stereocenters. The molecule has 3 aromatic carbocycles. The summed E-state index contributed by atoms with van der Waals surface area (Å²) in [4.78, 5) is 33.2. The zero-order valence-corrected chi connectivity index (χ0v) is 23.7. The van der Waals surface area contributed by atoms with Gasteiger partial charge in [0.15, 0.2) is 16.6 Å². The third kappa shape index (κ3) is 5.10. The second kappa shape index (κ2) is 11.6. The van der Waals surface area contributed by atoms with E-state index in [1.54, 1.807) is 60.7 Å². The molecule has 1 N–H and O–H groups in total. The number of thiazole rings is 1. The summed E-state index contributed by atoms with van der Waals surface area (Å²) in [6.07, 6.45) is 0.814. The number of hydrogen-bond acceptors (Lipinski definition) is 8. The van der Waals surface area contributed by atoms with Gasteiger partial charge in [0.2, 0.25) is 0 Å². The monoisotopic (exact) mass is 578 g/mol. The topological polar surface area (TPSA) is 98.2 Å². The van der Waals surface area contributed by atoms with E-state index >= 15 is 0 Å². The highest BCUT2D eigenvalue weighted by Gasteiger charge is 2.48. The van der Waals surface area contributed by atoms with Crippen molar-refractivity contribution in [1.29, 1.82) is 0 Å². The number of carbonyl (C=O) groups excluding carboxylic acids is 2. The van der Waals surface area contributed by atoms with Gasteiger partial charge in [0.1, 0.15) is 11.5 Å². The Kier molecular flexibility index (Phi) is 7.95. The molecule has 1 fully saturated rings. The number of benzene rings is 3.